The Morgan fingerprint density at radius 1 is 1.20 bits per heavy atom. The van der Waals surface area contributed by atoms with E-state index in [1.807, 2.05) is 18.2 Å². The van der Waals surface area contributed by atoms with Crippen LogP contribution in [0.4, 0.5) is 17.5 Å². The minimum Gasteiger partial charge on any atom is -0.357 e. The SMILES string of the molecule is CCN(c1ccccc1)c1nc(NC)nc2nc[nH]c12. The molecule has 2 N–H and O–H groups in total. The van der Waals surface area contributed by atoms with E-state index in [2.05, 4.69) is 49.2 Å². The maximum atomic E-state index is 4.57. The maximum absolute atomic E-state index is 4.57. The van der Waals surface area contributed by atoms with Crippen molar-refractivity contribution in [2.75, 3.05) is 23.8 Å². The molecule has 3 rings (SSSR count). The highest BCUT2D eigenvalue weighted by Crippen LogP contribution is 2.28. The molecule has 0 bridgehead atoms. The zero-order valence-corrected chi connectivity index (χ0v) is 11.5. The van der Waals surface area contributed by atoms with Gasteiger partial charge in [0.25, 0.3) is 0 Å². The first-order valence-corrected chi connectivity index (χ1v) is 6.55. The zero-order chi connectivity index (χ0) is 13.9. The van der Waals surface area contributed by atoms with Crippen LogP contribution in [-0.4, -0.2) is 33.5 Å². The third kappa shape index (κ3) is 2.05. The summed E-state index contributed by atoms with van der Waals surface area (Å²) in [6, 6.07) is 10.2. The molecule has 3 aromatic rings. The Balaban J connectivity index is 2.18. The number of nitrogens with zero attached hydrogens (tertiary/aromatic N) is 4. The number of hydrogen-bond donors (Lipinski definition) is 2. The molecule has 0 unspecified atom stereocenters. The van der Waals surface area contributed by atoms with Crippen LogP contribution in [0.25, 0.3) is 11.2 Å². The van der Waals surface area contributed by atoms with Crippen LogP contribution in [-0.2, 0) is 0 Å². The van der Waals surface area contributed by atoms with Crippen molar-refractivity contribution in [3.05, 3.63) is 36.7 Å². The van der Waals surface area contributed by atoms with Gasteiger partial charge in [0, 0.05) is 19.3 Å². The van der Waals surface area contributed by atoms with Crippen molar-refractivity contribution in [2.45, 2.75) is 6.92 Å². The van der Waals surface area contributed by atoms with Crippen molar-refractivity contribution < 1.29 is 0 Å². The highest BCUT2D eigenvalue weighted by Gasteiger charge is 2.16. The van der Waals surface area contributed by atoms with Crippen molar-refractivity contribution in [3.8, 4) is 0 Å². The van der Waals surface area contributed by atoms with Gasteiger partial charge in [-0.05, 0) is 19.1 Å². The van der Waals surface area contributed by atoms with Gasteiger partial charge in [0.05, 0.1) is 6.33 Å². The molecule has 0 saturated carbocycles. The minimum atomic E-state index is 0.564. The molecule has 1 aromatic carbocycles. The van der Waals surface area contributed by atoms with Crippen LogP contribution in [0.5, 0.6) is 0 Å². The lowest BCUT2D eigenvalue weighted by molar-refractivity contribution is 0.987. The Hall–Kier alpha value is -2.63. The molecule has 0 saturated heterocycles. The Morgan fingerprint density at radius 2 is 2.00 bits per heavy atom. The molecule has 102 valence electrons. The van der Waals surface area contributed by atoms with Gasteiger partial charge in [0.15, 0.2) is 11.5 Å². The number of hydrogen-bond acceptors (Lipinski definition) is 5. The van der Waals surface area contributed by atoms with Gasteiger partial charge in [0.1, 0.15) is 5.52 Å². The number of H-pyrrole nitrogens is 1. The van der Waals surface area contributed by atoms with Gasteiger partial charge >= 0.3 is 0 Å². The molecule has 6 nitrogen and oxygen atoms in total. The predicted molar refractivity (Wildman–Crippen MR) is 80.4 cm³/mol. The predicted octanol–water partition coefficient (Wildman–Crippen LogP) is 2.55. The van der Waals surface area contributed by atoms with E-state index < -0.39 is 0 Å². The maximum Gasteiger partial charge on any atom is 0.226 e. The third-order valence-corrected chi connectivity index (χ3v) is 3.13. The summed E-state index contributed by atoms with van der Waals surface area (Å²) >= 11 is 0. The average molecular weight is 268 g/mol. The Bertz CT molecular complexity index is 706. The summed E-state index contributed by atoms with van der Waals surface area (Å²) in [5, 5.41) is 2.98. The van der Waals surface area contributed by atoms with E-state index in [-0.39, 0.29) is 0 Å². The fourth-order valence-corrected chi connectivity index (χ4v) is 2.19. The topological polar surface area (TPSA) is 69.7 Å². The van der Waals surface area contributed by atoms with Crippen LogP contribution < -0.4 is 10.2 Å². The molecule has 0 aliphatic carbocycles. The average Bonchev–Trinajstić information content (AvgIpc) is 2.97. The van der Waals surface area contributed by atoms with Crippen molar-refractivity contribution in [3.63, 3.8) is 0 Å². The summed E-state index contributed by atoms with van der Waals surface area (Å²) in [4.78, 5) is 18.4. The molecule has 0 spiro atoms. The fourth-order valence-electron chi connectivity index (χ4n) is 2.19. The van der Waals surface area contributed by atoms with E-state index in [0.717, 1.165) is 23.6 Å². The molecule has 0 radical (unpaired) electrons. The molecule has 0 amide bonds. The third-order valence-electron chi connectivity index (χ3n) is 3.13. The molecule has 0 aliphatic heterocycles. The molecule has 2 aromatic heterocycles. The number of benzene rings is 1. The summed E-state index contributed by atoms with van der Waals surface area (Å²) in [6.07, 6.45) is 1.64. The first-order chi connectivity index (χ1) is 9.83. The van der Waals surface area contributed by atoms with E-state index in [4.69, 9.17) is 0 Å². The monoisotopic (exact) mass is 268 g/mol. The lowest BCUT2D eigenvalue weighted by Gasteiger charge is -2.22. The molecule has 0 aliphatic rings. The molecule has 6 heteroatoms. The van der Waals surface area contributed by atoms with E-state index in [0.29, 0.717) is 11.6 Å². The van der Waals surface area contributed by atoms with Gasteiger partial charge in [-0.1, -0.05) is 18.2 Å². The molecule has 0 atom stereocenters. The quantitative estimate of drug-likeness (QED) is 0.761. The number of anilines is 3. The van der Waals surface area contributed by atoms with Crippen LogP contribution >= 0.6 is 0 Å². The van der Waals surface area contributed by atoms with Gasteiger partial charge in [-0.2, -0.15) is 9.97 Å². The minimum absolute atomic E-state index is 0.564. The van der Waals surface area contributed by atoms with E-state index in [1.165, 1.54) is 0 Å². The van der Waals surface area contributed by atoms with Crippen molar-refractivity contribution >= 4 is 28.6 Å². The van der Waals surface area contributed by atoms with Crippen LogP contribution in [0.15, 0.2) is 36.7 Å². The Kier molecular flexibility index (Phi) is 3.20. The molecular weight excluding hydrogens is 252 g/mol. The van der Waals surface area contributed by atoms with Gasteiger partial charge in [-0.25, -0.2) is 4.98 Å². The Labute approximate surface area is 116 Å². The van der Waals surface area contributed by atoms with Gasteiger partial charge in [0.2, 0.25) is 5.95 Å². The molecule has 20 heavy (non-hydrogen) atoms. The first-order valence-electron chi connectivity index (χ1n) is 6.55. The Morgan fingerprint density at radius 3 is 2.70 bits per heavy atom. The summed E-state index contributed by atoms with van der Waals surface area (Å²) in [7, 11) is 1.80. The first kappa shape index (κ1) is 12.4. The fraction of sp³-hybridized carbons (Fsp3) is 0.214. The van der Waals surface area contributed by atoms with Crippen LogP contribution in [0.3, 0.4) is 0 Å². The number of aromatic nitrogens is 4. The van der Waals surface area contributed by atoms with Gasteiger partial charge in [-0.3, -0.25) is 0 Å². The summed E-state index contributed by atoms with van der Waals surface area (Å²) in [6.45, 7) is 2.90. The van der Waals surface area contributed by atoms with Crippen LogP contribution in [0, 0.1) is 0 Å². The zero-order valence-electron chi connectivity index (χ0n) is 11.5. The van der Waals surface area contributed by atoms with Gasteiger partial charge < -0.3 is 15.2 Å². The smallest absolute Gasteiger partial charge is 0.226 e. The second-order valence-corrected chi connectivity index (χ2v) is 4.30. The highest BCUT2D eigenvalue weighted by atomic mass is 15.2. The van der Waals surface area contributed by atoms with Crippen LogP contribution in [0.1, 0.15) is 6.92 Å². The number of nitrogens with one attached hydrogen (secondary N) is 2. The summed E-state index contributed by atoms with van der Waals surface area (Å²) in [5.74, 6) is 1.39. The second kappa shape index (κ2) is 5.16. The van der Waals surface area contributed by atoms with Crippen molar-refractivity contribution in [1.82, 2.24) is 19.9 Å². The van der Waals surface area contributed by atoms with Crippen LogP contribution in [0.2, 0.25) is 0 Å². The summed E-state index contributed by atoms with van der Waals surface area (Å²) in [5.41, 5.74) is 2.59. The lowest BCUT2D eigenvalue weighted by Crippen LogP contribution is -2.18. The highest BCUT2D eigenvalue weighted by molar-refractivity contribution is 5.87. The molecule has 2 heterocycles. The molecule has 0 fully saturated rings. The lowest BCUT2D eigenvalue weighted by atomic mass is 10.3. The van der Waals surface area contributed by atoms with E-state index in [1.54, 1.807) is 13.4 Å². The largest absolute Gasteiger partial charge is 0.357 e. The van der Waals surface area contributed by atoms with Crippen molar-refractivity contribution in [2.24, 2.45) is 0 Å². The summed E-state index contributed by atoms with van der Waals surface area (Å²) < 4.78 is 0. The number of fused-ring (bicyclic) bond motifs is 1. The van der Waals surface area contributed by atoms with Gasteiger partial charge in [-0.15, -0.1) is 0 Å². The van der Waals surface area contributed by atoms with E-state index in [9.17, 15) is 0 Å². The van der Waals surface area contributed by atoms with Crippen molar-refractivity contribution in [1.29, 1.82) is 0 Å². The number of aromatic amines is 1. The number of para-hydroxylation sites is 1. The van der Waals surface area contributed by atoms with E-state index >= 15 is 0 Å². The second-order valence-electron chi connectivity index (χ2n) is 4.30. The standard InChI is InChI=1S/C14H16N6/c1-3-20(10-7-5-4-6-8-10)13-11-12(17-9-16-11)18-14(15-2)19-13/h4-9H,3H2,1-2H3,(H2,15,16,17,18,19). The normalized spacial score (nSPS) is 10.7. The number of rotatable bonds is 4. The molecular formula is C14H16N6. The number of imidazole rings is 1.